The maximum absolute atomic E-state index is 12.0. The number of benzene rings is 1. The average molecular weight is 435 g/mol. The van der Waals surface area contributed by atoms with Crippen molar-refractivity contribution in [2.24, 2.45) is 13.0 Å². The van der Waals surface area contributed by atoms with Gasteiger partial charge in [0.2, 0.25) is 11.9 Å². The third-order valence-electron chi connectivity index (χ3n) is 6.47. The molecular weight excluding hydrogens is 404 g/mol. The monoisotopic (exact) mass is 434 g/mol. The summed E-state index contributed by atoms with van der Waals surface area (Å²) in [6.45, 7) is 1.43. The van der Waals surface area contributed by atoms with Crippen molar-refractivity contribution < 1.29 is 9.90 Å². The Hall–Kier alpha value is -3.29. The zero-order valence-corrected chi connectivity index (χ0v) is 18.4. The van der Waals surface area contributed by atoms with Gasteiger partial charge in [-0.1, -0.05) is 6.42 Å². The van der Waals surface area contributed by atoms with Gasteiger partial charge in [0.15, 0.2) is 5.88 Å². The van der Waals surface area contributed by atoms with Gasteiger partial charge in [0, 0.05) is 60.5 Å². The Balaban J connectivity index is 1.22. The van der Waals surface area contributed by atoms with Gasteiger partial charge < -0.3 is 25.6 Å². The summed E-state index contributed by atoms with van der Waals surface area (Å²) in [6.07, 6.45) is 10.3. The highest BCUT2D eigenvalue weighted by Crippen LogP contribution is 2.43. The lowest BCUT2D eigenvalue weighted by Crippen LogP contribution is -2.35. The van der Waals surface area contributed by atoms with Crippen molar-refractivity contribution in [1.29, 1.82) is 0 Å². The first-order valence-corrected chi connectivity index (χ1v) is 11.5. The highest BCUT2D eigenvalue weighted by Gasteiger charge is 2.28. The first kappa shape index (κ1) is 20.6. The minimum Gasteiger partial charge on any atom is -0.494 e. The molecule has 0 bridgehead atoms. The predicted molar refractivity (Wildman–Crippen MR) is 125 cm³/mol. The van der Waals surface area contributed by atoms with E-state index in [1.54, 1.807) is 4.57 Å². The average Bonchev–Trinajstić information content (AvgIpc) is 3.53. The first-order chi connectivity index (χ1) is 15.6. The summed E-state index contributed by atoms with van der Waals surface area (Å²) in [5.41, 5.74) is 2.03. The fraction of sp³-hybridized carbons (Fsp3) is 0.458. The zero-order chi connectivity index (χ0) is 22.1. The van der Waals surface area contributed by atoms with Crippen LogP contribution in [0.2, 0.25) is 0 Å². The van der Waals surface area contributed by atoms with Gasteiger partial charge in [0.25, 0.3) is 0 Å². The summed E-state index contributed by atoms with van der Waals surface area (Å²) in [4.78, 5) is 21.2. The molecule has 2 heterocycles. The molecule has 32 heavy (non-hydrogen) atoms. The van der Waals surface area contributed by atoms with E-state index in [-0.39, 0.29) is 17.7 Å². The summed E-state index contributed by atoms with van der Waals surface area (Å²) in [7, 11) is 1.82. The third kappa shape index (κ3) is 4.35. The molecule has 0 unspecified atom stereocenters. The summed E-state index contributed by atoms with van der Waals surface area (Å²) in [6, 6.07) is 5.78. The van der Waals surface area contributed by atoms with Crippen molar-refractivity contribution in [2.75, 3.05) is 23.7 Å². The number of hydrogen-bond acceptors (Lipinski definition) is 6. The molecule has 2 saturated carbocycles. The van der Waals surface area contributed by atoms with Gasteiger partial charge in [-0.25, -0.2) is 4.98 Å². The molecule has 0 radical (unpaired) electrons. The molecule has 0 spiro atoms. The van der Waals surface area contributed by atoms with E-state index >= 15 is 0 Å². The molecule has 0 atom stereocenters. The Morgan fingerprint density at radius 1 is 1.22 bits per heavy atom. The van der Waals surface area contributed by atoms with Crippen molar-refractivity contribution in [3.8, 4) is 5.88 Å². The van der Waals surface area contributed by atoms with Crippen LogP contribution in [0.25, 0.3) is 10.8 Å². The second-order valence-corrected chi connectivity index (χ2v) is 8.96. The number of aromatic hydroxyl groups is 1. The van der Waals surface area contributed by atoms with Crippen LogP contribution in [0, 0.1) is 5.92 Å². The van der Waals surface area contributed by atoms with Crippen LogP contribution in [0.4, 0.5) is 17.5 Å². The van der Waals surface area contributed by atoms with E-state index in [1.165, 1.54) is 19.3 Å². The Labute approximate surface area is 187 Å². The summed E-state index contributed by atoms with van der Waals surface area (Å²) in [5, 5.41) is 21.6. The first-order valence-electron chi connectivity index (χ1n) is 11.5. The van der Waals surface area contributed by atoms with Gasteiger partial charge in [-0.2, -0.15) is 4.98 Å². The van der Waals surface area contributed by atoms with Gasteiger partial charge in [0.1, 0.15) is 5.82 Å². The molecule has 3 aromatic rings. The lowest BCUT2D eigenvalue weighted by atomic mass is 9.85. The highest BCUT2D eigenvalue weighted by atomic mass is 16.3. The van der Waals surface area contributed by atoms with Crippen molar-refractivity contribution in [3.63, 3.8) is 0 Å². The molecule has 2 aromatic heterocycles. The normalized spacial score (nSPS) is 16.0. The van der Waals surface area contributed by atoms with E-state index in [0.29, 0.717) is 18.4 Å². The number of nitrogens with one attached hydrogen (secondary N) is 3. The third-order valence-corrected chi connectivity index (χ3v) is 6.47. The minimum atomic E-state index is 0.201. The van der Waals surface area contributed by atoms with Crippen molar-refractivity contribution in [1.82, 2.24) is 19.9 Å². The molecule has 2 fully saturated rings. The van der Waals surface area contributed by atoms with Crippen LogP contribution in [-0.4, -0.2) is 38.6 Å². The number of carbonyl (C=O) groups excluding carboxylic acids is 1. The number of amides is 1. The molecular formula is C24H30N6O2. The maximum Gasteiger partial charge on any atom is 0.229 e. The highest BCUT2D eigenvalue weighted by molar-refractivity contribution is 5.90. The summed E-state index contributed by atoms with van der Waals surface area (Å²) >= 11 is 0. The Morgan fingerprint density at radius 2 is 2.06 bits per heavy atom. The second kappa shape index (κ2) is 8.68. The number of fused-ring (bicyclic) bond motifs is 1. The zero-order valence-electron chi connectivity index (χ0n) is 18.4. The molecule has 4 N–H and O–H groups in total. The molecule has 5 rings (SSSR count). The van der Waals surface area contributed by atoms with Crippen LogP contribution in [0.5, 0.6) is 5.88 Å². The summed E-state index contributed by atoms with van der Waals surface area (Å²) in [5.74, 6) is 2.63. The maximum atomic E-state index is 12.0. The molecule has 168 valence electrons. The van der Waals surface area contributed by atoms with E-state index in [0.717, 1.165) is 53.6 Å². The number of hydrogen-bond donors (Lipinski definition) is 4. The van der Waals surface area contributed by atoms with Crippen molar-refractivity contribution in [3.05, 3.63) is 36.2 Å². The summed E-state index contributed by atoms with van der Waals surface area (Å²) < 4.78 is 1.70. The number of anilines is 3. The molecule has 0 saturated heterocycles. The molecule has 8 nitrogen and oxygen atoms in total. The lowest BCUT2D eigenvalue weighted by molar-refractivity contribution is -0.127. The van der Waals surface area contributed by atoms with Crippen molar-refractivity contribution in [2.45, 2.75) is 44.4 Å². The molecule has 2 aliphatic carbocycles. The second-order valence-electron chi connectivity index (χ2n) is 8.96. The Bertz CT molecular complexity index is 1130. The Morgan fingerprint density at radius 3 is 2.81 bits per heavy atom. The van der Waals surface area contributed by atoms with E-state index in [4.69, 9.17) is 4.98 Å². The fourth-order valence-corrected chi connectivity index (χ4v) is 4.15. The largest absolute Gasteiger partial charge is 0.494 e. The Kier molecular flexibility index (Phi) is 5.59. The van der Waals surface area contributed by atoms with Gasteiger partial charge in [-0.15, -0.1) is 0 Å². The predicted octanol–water partition coefficient (Wildman–Crippen LogP) is 4.01. The number of carbonyl (C=O) groups is 1. The molecule has 1 amide bonds. The van der Waals surface area contributed by atoms with E-state index in [9.17, 15) is 9.90 Å². The van der Waals surface area contributed by atoms with E-state index in [2.05, 4.69) is 20.9 Å². The SMILES string of the molecule is Cn1cc2cc(Nc3ncc(C4CC4)c(NCCCNC(=O)C4CCC4)n3)ccc2c1O. The molecule has 2 aliphatic rings. The number of aromatic nitrogens is 3. The van der Waals surface area contributed by atoms with Crippen LogP contribution in [0.15, 0.2) is 30.6 Å². The topological polar surface area (TPSA) is 104 Å². The number of rotatable bonds is 9. The van der Waals surface area contributed by atoms with Crippen LogP contribution in [0.1, 0.15) is 50.0 Å². The van der Waals surface area contributed by atoms with Crippen LogP contribution in [-0.2, 0) is 11.8 Å². The van der Waals surface area contributed by atoms with Crippen LogP contribution in [0.3, 0.4) is 0 Å². The van der Waals surface area contributed by atoms with E-state index in [1.807, 2.05) is 37.6 Å². The smallest absolute Gasteiger partial charge is 0.229 e. The fourth-order valence-electron chi connectivity index (χ4n) is 4.15. The number of aryl methyl sites for hydroxylation is 1. The van der Waals surface area contributed by atoms with Crippen molar-refractivity contribution >= 4 is 34.1 Å². The van der Waals surface area contributed by atoms with Crippen LogP contribution >= 0.6 is 0 Å². The van der Waals surface area contributed by atoms with Gasteiger partial charge in [0.05, 0.1) is 0 Å². The van der Waals surface area contributed by atoms with Gasteiger partial charge in [-0.3, -0.25) is 4.79 Å². The minimum absolute atomic E-state index is 0.201. The van der Waals surface area contributed by atoms with Gasteiger partial charge >= 0.3 is 0 Å². The lowest BCUT2D eigenvalue weighted by Gasteiger charge is -2.24. The van der Waals surface area contributed by atoms with E-state index < -0.39 is 0 Å². The molecule has 1 aromatic carbocycles. The molecule has 8 heteroatoms. The standard InChI is InChI=1S/C24H30N6O2/c1-30-14-17-12-18(8-9-19(17)23(30)32)28-24-27-13-20(15-6-7-15)21(29-24)25-10-3-11-26-22(31)16-4-2-5-16/h8-9,12-16,32H,2-7,10-11H2,1H3,(H,26,31)(H2,25,27,28,29). The van der Waals surface area contributed by atoms with Crippen LogP contribution < -0.4 is 16.0 Å². The molecule has 0 aliphatic heterocycles. The van der Waals surface area contributed by atoms with Gasteiger partial charge in [-0.05, 0) is 56.2 Å². The number of nitrogens with zero attached hydrogens (tertiary/aromatic N) is 3. The quantitative estimate of drug-likeness (QED) is 0.379.